The lowest BCUT2D eigenvalue weighted by Crippen LogP contribution is -2.53. The standard InChI is InChI=1S/C33H33Cl2N3O5S/c1-23-12-15-28(16-13-23)44(41,42)38(30-20-26(34)14-17-29(30)35)22-32(39)37(21-25-10-7-11-27(18-25)43-3)31(33(40)36-2)19-24-8-5-4-6-9-24/h4-18,20,31H,19,21-22H2,1-3H3,(H,36,40)/t31-/m0/s1. The number of carbonyl (C=O) groups excluding carboxylic acids is 2. The molecule has 4 aromatic carbocycles. The van der Waals surface area contributed by atoms with Gasteiger partial charge in [0.1, 0.15) is 18.3 Å². The van der Waals surface area contributed by atoms with E-state index in [1.54, 1.807) is 36.4 Å². The molecular formula is C33H33Cl2N3O5S. The smallest absolute Gasteiger partial charge is 0.264 e. The first-order valence-electron chi connectivity index (χ1n) is 13.8. The Hall–Kier alpha value is -4.05. The summed E-state index contributed by atoms with van der Waals surface area (Å²) in [6.45, 7) is 1.19. The molecule has 11 heteroatoms. The van der Waals surface area contributed by atoms with Gasteiger partial charge in [-0.05, 0) is 60.5 Å². The number of hydrogen-bond donors (Lipinski definition) is 1. The minimum absolute atomic E-state index is 0.00263. The van der Waals surface area contributed by atoms with Crippen LogP contribution in [0.4, 0.5) is 5.69 Å². The van der Waals surface area contributed by atoms with Crippen LogP contribution in [0.1, 0.15) is 16.7 Å². The van der Waals surface area contributed by atoms with Gasteiger partial charge >= 0.3 is 0 Å². The molecule has 230 valence electrons. The van der Waals surface area contributed by atoms with E-state index < -0.39 is 34.4 Å². The van der Waals surface area contributed by atoms with E-state index in [1.165, 1.54) is 49.4 Å². The number of aryl methyl sites for hydroxylation is 1. The Morgan fingerprint density at radius 3 is 2.23 bits per heavy atom. The summed E-state index contributed by atoms with van der Waals surface area (Å²) in [5.41, 5.74) is 2.42. The molecule has 4 rings (SSSR count). The van der Waals surface area contributed by atoms with Crippen molar-refractivity contribution >= 4 is 50.7 Å². The van der Waals surface area contributed by atoms with Gasteiger partial charge < -0.3 is 15.0 Å². The molecule has 0 aliphatic carbocycles. The van der Waals surface area contributed by atoms with Crippen LogP contribution in [0.15, 0.2) is 102 Å². The van der Waals surface area contributed by atoms with Gasteiger partial charge in [0, 0.05) is 25.0 Å². The third-order valence-corrected chi connectivity index (χ3v) is 9.40. The molecule has 0 aliphatic rings. The van der Waals surface area contributed by atoms with Crippen molar-refractivity contribution in [3.05, 3.63) is 124 Å². The predicted octanol–water partition coefficient (Wildman–Crippen LogP) is 5.89. The van der Waals surface area contributed by atoms with Crippen molar-refractivity contribution in [2.24, 2.45) is 0 Å². The summed E-state index contributed by atoms with van der Waals surface area (Å²) in [7, 11) is -1.28. The van der Waals surface area contributed by atoms with Crippen molar-refractivity contribution in [1.82, 2.24) is 10.2 Å². The van der Waals surface area contributed by atoms with Crippen LogP contribution < -0.4 is 14.4 Å². The first-order chi connectivity index (χ1) is 21.0. The van der Waals surface area contributed by atoms with Gasteiger partial charge in [-0.1, -0.05) is 83.4 Å². The van der Waals surface area contributed by atoms with Crippen LogP contribution in [-0.4, -0.2) is 51.9 Å². The van der Waals surface area contributed by atoms with E-state index in [-0.39, 0.29) is 33.6 Å². The molecule has 44 heavy (non-hydrogen) atoms. The van der Waals surface area contributed by atoms with Crippen molar-refractivity contribution in [3.63, 3.8) is 0 Å². The number of nitrogens with one attached hydrogen (secondary N) is 1. The number of rotatable bonds is 12. The second-order valence-corrected chi connectivity index (χ2v) is 12.8. The Kier molecular flexibility index (Phi) is 10.9. The Balaban J connectivity index is 1.82. The summed E-state index contributed by atoms with van der Waals surface area (Å²) in [5.74, 6) is -0.452. The summed E-state index contributed by atoms with van der Waals surface area (Å²) in [4.78, 5) is 29.1. The zero-order valence-electron chi connectivity index (χ0n) is 24.5. The van der Waals surface area contributed by atoms with Crippen LogP contribution in [0.5, 0.6) is 5.75 Å². The Morgan fingerprint density at radius 2 is 1.57 bits per heavy atom. The molecule has 0 unspecified atom stereocenters. The highest BCUT2D eigenvalue weighted by molar-refractivity contribution is 7.92. The van der Waals surface area contributed by atoms with Crippen molar-refractivity contribution in [1.29, 1.82) is 0 Å². The van der Waals surface area contributed by atoms with Gasteiger partial charge in [0.05, 0.1) is 22.7 Å². The third-order valence-electron chi connectivity index (χ3n) is 7.07. The number of benzene rings is 4. The molecule has 0 radical (unpaired) electrons. The van der Waals surface area contributed by atoms with Gasteiger partial charge in [0.25, 0.3) is 10.0 Å². The van der Waals surface area contributed by atoms with Gasteiger partial charge in [0.2, 0.25) is 11.8 Å². The molecule has 0 heterocycles. The summed E-state index contributed by atoms with van der Waals surface area (Å²) < 4.78 is 34.5. The van der Waals surface area contributed by atoms with Crippen LogP contribution in [0.3, 0.4) is 0 Å². The zero-order chi connectivity index (χ0) is 31.9. The van der Waals surface area contributed by atoms with Crippen LogP contribution in [0.25, 0.3) is 0 Å². The van der Waals surface area contributed by atoms with Crippen molar-refractivity contribution < 1.29 is 22.7 Å². The normalized spacial score (nSPS) is 11.8. The van der Waals surface area contributed by atoms with E-state index >= 15 is 0 Å². The lowest BCUT2D eigenvalue weighted by Gasteiger charge is -2.34. The fourth-order valence-corrected chi connectivity index (χ4v) is 6.58. The number of amides is 2. The highest BCUT2D eigenvalue weighted by Gasteiger charge is 2.35. The zero-order valence-corrected chi connectivity index (χ0v) is 26.9. The van der Waals surface area contributed by atoms with Crippen LogP contribution in [0, 0.1) is 6.92 Å². The number of sulfonamides is 1. The van der Waals surface area contributed by atoms with E-state index in [9.17, 15) is 18.0 Å². The molecule has 8 nitrogen and oxygen atoms in total. The summed E-state index contributed by atoms with van der Waals surface area (Å²) in [5, 5.41) is 2.99. The molecule has 0 saturated carbocycles. The monoisotopic (exact) mass is 653 g/mol. The summed E-state index contributed by atoms with van der Waals surface area (Å²) >= 11 is 12.8. The fourth-order valence-electron chi connectivity index (χ4n) is 4.72. The maximum atomic E-state index is 14.4. The average Bonchev–Trinajstić information content (AvgIpc) is 3.03. The average molecular weight is 655 g/mol. The maximum absolute atomic E-state index is 14.4. The molecule has 0 fully saturated rings. The number of ether oxygens (including phenoxy) is 1. The summed E-state index contributed by atoms with van der Waals surface area (Å²) in [6.07, 6.45) is 0.193. The van der Waals surface area contributed by atoms with Crippen LogP contribution in [-0.2, 0) is 32.6 Å². The minimum atomic E-state index is -4.31. The van der Waals surface area contributed by atoms with E-state index in [4.69, 9.17) is 27.9 Å². The van der Waals surface area contributed by atoms with E-state index in [1.807, 2.05) is 37.3 Å². The number of methoxy groups -OCH3 is 1. The Labute approximate surface area is 268 Å². The number of nitrogens with zero attached hydrogens (tertiary/aromatic N) is 2. The number of halogens is 2. The van der Waals surface area contributed by atoms with Crippen LogP contribution >= 0.6 is 23.2 Å². The number of likely N-dealkylation sites (N-methyl/N-ethyl adjacent to an activating group) is 1. The van der Waals surface area contributed by atoms with Gasteiger partial charge in [-0.2, -0.15) is 0 Å². The molecule has 1 atom stereocenters. The Bertz CT molecular complexity index is 1720. The second kappa shape index (κ2) is 14.6. The van der Waals surface area contributed by atoms with Gasteiger partial charge in [-0.3, -0.25) is 13.9 Å². The molecule has 0 aromatic heterocycles. The van der Waals surface area contributed by atoms with Crippen LogP contribution in [0.2, 0.25) is 10.0 Å². The first-order valence-corrected chi connectivity index (χ1v) is 16.0. The number of carbonyl (C=O) groups is 2. The SMILES string of the molecule is CNC(=O)[C@H](Cc1ccccc1)N(Cc1cccc(OC)c1)C(=O)CN(c1cc(Cl)ccc1Cl)S(=O)(=O)c1ccc(C)cc1. The lowest BCUT2D eigenvalue weighted by atomic mass is 10.0. The third kappa shape index (κ3) is 7.91. The highest BCUT2D eigenvalue weighted by atomic mass is 35.5. The van der Waals surface area contributed by atoms with Crippen molar-refractivity contribution in [2.75, 3.05) is 25.0 Å². The largest absolute Gasteiger partial charge is 0.497 e. The number of anilines is 1. The fraction of sp³-hybridized carbons (Fsp3) is 0.212. The van der Waals surface area contributed by atoms with Gasteiger partial charge in [0.15, 0.2) is 0 Å². The molecule has 0 saturated heterocycles. The molecule has 0 spiro atoms. The van der Waals surface area contributed by atoms with Gasteiger partial charge in [-0.15, -0.1) is 0 Å². The molecule has 2 amide bonds. The molecule has 1 N–H and O–H groups in total. The lowest BCUT2D eigenvalue weighted by molar-refractivity contribution is -0.139. The van der Waals surface area contributed by atoms with Crippen molar-refractivity contribution in [2.45, 2.75) is 30.8 Å². The second-order valence-electron chi connectivity index (χ2n) is 10.1. The first kappa shape index (κ1) is 32.9. The molecule has 4 aromatic rings. The Morgan fingerprint density at radius 1 is 0.886 bits per heavy atom. The highest BCUT2D eigenvalue weighted by Crippen LogP contribution is 2.33. The van der Waals surface area contributed by atoms with E-state index in [0.717, 1.165) is 15.4 Å². The number of hydrogen-bond acceptors (Lipinski definition) is 5. The molecule has 0 bridgehead atoms. The van der Waals surface area contributed by atoms with Crippen molar-refractivity contribution in [3.8, 4) is 5.75 Å². The van der Waals surface area contributed by atoms with E-state index in [0.29, 0.717) is 11.3 Å². The molecule has 0 aliphatic heterocycles. The van der Waals surface area contributed by atoms with Gasteiger partial charge in [-0.25, -0.2) is 8.42 Å². The summed E-state index contributed by atoms with van der Waals surface area (Å²) in [6, 6.07) is 26.1. The van der Waals surface area contributed by atoms with E-state index in [2.05, 4.69) is 5.32 Å². The maximum Gasteiger partial charge on any atom is 0.264 e. The molecular weight excluding hydrogens is 621 g/mol. The minimum Gasteiger partial charge on any atom is -0.497 e. The quantitative estimate of drug-likeness (QED) is 0.206. The topological polar surface area (TPSA) is 96.0 Å². The predicted molar refractivity (Wildman–Crippen MR) is 174 cm³/mol.